The Balaban J connectivity index is 1.26. The van der Waals surface area contributed by atoms with Gasteiger partial charge in [0.25, 0.3) is 0 Å². The molecule has 1 aliphatic rings. The molecule has 0 radical (unpaired) electrons. The zero-order valence-electron chi connectivity index (χ0n) is 35.0. The first-order valence-corrected chi connectivity index (χ1v) is 21.3. The van der Waals surface area contributed by atoms with Crippen LogP contribution in [0.3, 0.4) is 0 Å². The minimum absolute atomic E-state index is 0.0164. The summed E-state index contributed by atoms with van der Waals surface area (Å²) in [6, 6.07) is 38.9. The van der Waals surface area contributed by atoms with Gasteiger partial charge in [-0.05, 0) is 47.2 Å². The van der Waals surface area contributed by atoms with E-state index in [1.54, 1.807) is 72.8 Å². The number of benzene rings is 5. The average molecular weight is 851 g/mol. The number of rotatable bonds is 21. The molecule has 0 saturated carbocycles. The van der Waals surface area contributed by atoms with Crippen molar-refractivity contribution in [3.8, 4) is 0 Å². The third kappa shape index (κ3) is 14.2. The lowest BCUT2D eigenvalue weighted by Crippen LogP contribution is -2.60. The van der Waals surface area contributed by atoms with E-state index in [0.717, 1.165) is 17.5 Å². The van der Waals surface area contributed by atoms with Crippen molar-refractivity contribution in [2.24, 2.45) is 0 Å². The fourth-order valence-corrected chi connectivity index (χ4v) is 7.56. The summed E-state index contributed by atoms with van der Waals surface area (Å²) >= 11 is 0. The third-order valence-electron chi connectivity index (χ3n) is 10.9. The summed E-state index contributed by atoms with van der Waals surface area (Å²) in [6.45, 7) is 0.694. The van der Waals surface area contributed by atoms with Crippen molar-refractivity contribution >= 4 is 35.5 Å². The quantitative estimate of drug-likeness (QED) is 0.0584. The number of carbonyl (C=O) groups excluding carboxylic acids is 5. The van der Waals surface area contributed by atoms with Gasteiger partial charge in [0, 0.05) is 32.1 Å². The molecule has 326 valence electrons. The van der Waals surface area contributed by atoms with Gasteiger partial charge in [-0.3, -0.25) is 24.0 Å². The minimum Gasteiger partial charge on any atom is -0.480 e. The molecule has 13 nitrogen and oxygen atoms in total. The van der Waals surface area contributed by atoms with E-state index in [0.29, 0.717) is 29.7 Å². The zero-order valence-corrected chi connectivity index (χ0v) is 35.0. The molecule has 0 bridgehead atoms. The highest BCUT2D eigenvalue weighted by Gasteiger charge is 2.34. The van der Waals surface area contributed by atoms with Gasteiger partial charge in [-0.15, -0.1) is 0 Å². The Morgan fingerprint density at radius 3 is 0.968 bits per heavy atom. The smallest absolute Gasteiger partial charge is 0.326 e. The molecule has 7 N–H and O–H groups in total. The van der Waals surface area contributed by atoms with Crippen LogP contribution in [0.2, 0.25) is 0 Å². The van der Waals surface area contributed by atoms with E-state index in [2.05, 4.69) is 31.9 Å². The van der Waals surface area contributed by atoms with Gasteiger partial charge < -0.3 is 37.0 Å². The van der Waals surface area contributed by atoms with Crippen LogP contribution < -0.4 is 31.9 Å². The lowest BCUT2D eigenvalue weighted by molar-refractivity contribution is -0.142. The SMILES string of the molecule is O=C(O)[C@H](Cc1ccccc1)NC(=O)[C@H](Cc1ccccc1)NC(=O)[C@H](Cc1ccccc1)NC(=O)[C@H](Cc1ccccc1)NC(=O)[C@H](Cc1ccccc1)NC(=O)[C@@H]1CCCN1. The number of carboxylic acids is 1. The molecule has 1 heterocycles. The van der Waals surface area contributed by atoms with E-state index < -0.39 is 65.8 Å². The molecule has 6 atom stereocenters. The highest BCUT2D eigenvalue weighted by atomic mass is 16.4. The van der Waals surface area contributed by atoms with Crippen molar-refractivity contribution in [3.63, 3.8) is 0 Å². The number of nitrogens with one attached hydrogen (secondary N) is 6. The highest BCUT2D eigenvalue weighted by molar-refractivity contribution is 5.97. The second-order valence-corrected chi connectivity index (χ2v) is 15.7. The molecule has 13 heteroatoms. The van der Waals surface area contributed by atoms with Gasteiger partial charge in [0.15, 0.2) is 0 Å². The Labute approximate surface area is 367 Å². The van der Waals surface area contributed by atoms with Crippen molar-refractivity contribution in [1.29, 1.82) is 0 Å². The maximum Gasteiger partial charge on any atom is 0.326 e. The summed E-state index contributed by atoms with van der Waals surface area (Å²) in [5.41, 5.74) is 3.68. The van der Waals surface area contributed by atoms with Gasteiger partial charge in [0.1, 0.15) is 30.2 Å². The molecule has 5 aromatic carbocycles. The van der Waals surface area contributed by atoms with Crippen LogP contribution in [-0.2, 0) is 60.9 Å². The summed E-state index contributed by atoms with van der Waals surface area (Å²) in [6.07, 6.45) is 1.77. The molecule has 0 spiro atoms. The van der Waals surface area contributed by atoms with E-state index >= 15 is 0 Å². The number of carboxylic acid groups (broad SMARTS) is 1. The highest BCUT2D eigenvalue weighted by Crippen LogP contribution is 2.13. The minimum atomic E-state index is -1.29. The van der Waals surface area contributed by atoms with Crippen molar-refractivity contribution in [3.05, 3.63) is 179 Å². The molecule has 0 aliphatic carbocycles. The summed E-state index contributed by atoms with van der Waals surface area (Å²) in [4.78, 5) is 83.1. The van der Waals surface area contributed by atoms with Crippen LogP contribution in [0.25, 0.3) is 0 Å². The Morgan fingerprint density at radius 1 is 0.429 bits per heavy atom. The van der Waals surface area contributed by atoms with Crippen LogP contribution in [-0.4, -0.2) is 83.4 Å². The summed E-state index contributed by atoms with van der Waals surface area (Å²) < 4.78 is 0. The molecule has 5 amide bonds. The van der Waals surface area contributed by atoms with Gasteiger partial charge >= 0.3 is 5.97 Å². The van der Waals surface area contributed by atoms with E-state index in [9.17, 15) is 33.9 Å². The van der Waals surface area contributed by atoms with Crippen molar-refractivity contribution < 1.29 is 33.9 Å². The topological polar surface area (TPSA) is 195 Å². The van der Waals surface area contributed by atoms with Crippen LogP contribution in [0.1, 0.15) is 40.7 Å². The number of amides is 5. The molecular formula is C50H54N6O7. The van der Waals surface area contributed by atoms with Crippen LogP contribution in [0, 0.1) is 0 Å². The maximum absolute atomic E-state index is 14.6. The Morgan fingerprint density at radius 2 is 0.698 bits per heavy atom. The second kappa shape index (κ2) is 23.2. The molecule has 1 saturated heterocycles. The number of carbonyl (C=O) groups is 6. The van der Waals surface area contributed by atoms with E-state index in [1.807, 2.05) is 78.9 Å². The molecular weight excluding hydrogens is 797 g/mol. The predicted molar refractivity (Wildman–Crippen MR) is 239 cm³/mol. The molecule has 0 unspecified atom stereocenters. The van der Waals surface area contributed by atoms with Crippen LogP contribution >= 0.6 is 0 Å². The first kappa shape index (κ1) is 45.4. The monoisotopic (exact) mass is 850 g/mol. The Kier molecular flexibility index (Phi) is 16.7. The van der Waals surface area contributed by atoms with Gasteiger partial charge in [-0.1, -0.05) is 152 Å². The molecule has 63 heavy (non-hydrogen) atoms. The Hall–Kier alpha value is -7.12. The van der Waals surface area contributed by atoms with E-state index in [1.165, 1.54) is 0 Å². The largest absolute Gasteiger partial charge is 0.480 e. The molecule has 0 aromatic heterocycles. The van der Waals surface area contributed by atoms with Crippen LogP contribution in [0.5, 0.6) is 0 Å². The molecule has 6 rings (SSSR count). The lowest BCUT2D eigenvalue weighted by Gasteiger charge is -2.27. The Bertz CT molecular complexity index is 2260. The lowest BCUT2D eigenvalue weighted by atomic mass is 10.00. The van der Waals surface area contributed by atoms with E-state index in [-0.39, 0.29) is 38.0 Å². The van der Waals surface area contributed by atoms with Gasteiger partial charge in [-0.25, -0.2) is 4.79 Å². The standard InChI is InChI=1S/C50H54N6O7/c57-45(39-27-16-28-51-39)52-40(29-34-17-6-1-7-18-34)46(58)53-41(30-35-19-8-2-9-20-35)47(59)54-42(31-36-21-10-3-11-22-36)48(60)55-43(32-37-23-12-4-13-24-37)49(61)56-44(50(62)63)33-38-25-14-5-15-26-38/h1-15,17-26,39-44,51H,16,27-33H2,(H,52,57)(H,53,58)(H,54,59)(H,55,60)(H,56,61)(H,62,63)/t39-,40-,41-,42-,43-,44-/m0/s1. The maximum atomic E-state index is 14.6. The average Bonchev–Trinajstić information content (AvgIpc) is 3.85. The fourth-order valence-electron chi connectivity index (χ4n) is 7.56. The second-order valence-electron chi connectivity index (χ2n) is 15.7. The summed E-state index contributed by atoms with van der Waals surface area (Å²) in [5, 5.41) is 27.4. The molecule has 5 aromatic rings. The van der Waals surface area contributed by atoms with Crippen LogP contribution in [0.4, 0.5) is 0 Å². The predicted octanol–water partition coefficient (Wildman–Crippen LogP) is 3.46. The summed E-state index contributed by atoms with van der Waals surface area (Å²) in [7, 11) is 0. The van der Waals surface area contributed by atoms with Crippen molar-refractivity contribution in [2.75, 3.05) is 6.54 Å². The number of aliphatic carboxylic acids is 1. The fraction of sp³-hybridized carbons (Fsp3) is 0.280. The zero-order chi connectivity index (χ0) is 44.4. The van der Waals surface area contributed by atoms with Gasteiger partial charge in [0.2, 0.25) is 29.5 Å². The first-order valence-electron chi connectivity index (χ1n) is 21.3. The normalized spacial score (nSPS) is 15.7. The molecule has 1 aliphatic heterocycles. The van der Waals surface area contributed by atoms with E-state index in [4.69, 9.17) is 0 Å². The van der Waals surface area contributed by atoms with Gasteiger partial charge in [0.05, 0.1) is 6.04 Å². The first-order chi connectivity index (χ1) is 30.6. The number of hydrogen-bond acceptors (Lipinski definition) is 7. The third-order valence-corrected chi connectivity index (χ3v) is 10.9. The number of hydrogen-bond donors (Lipinski definition) is 7. The van der Waals surface area contributed by atoms with Crippen molar-refractivity contribution in [1.82, 2.24) is 31.9 Å². The molecule has 1 fully saturated rings. The van der Waals surface area contributed by atoms with Gasteiger partial charge in [-0.2, -0.15) is 0 Å². The summed E-state index contributed by atoms with van der Waals surface area (Å²) in [5.74, 6) is -4.19. The van der Waals surface area contributed by atoms with Crippen LogP contribution in [0.15, 0.2) is 152 Å². The van der Waals surface area contributed by atoms with Crippen molar-refractivity contribution in [2.45, 2.75) is 81.2 Å².